The van der Waals surface area contributed by atoms with E-state index < -0.39 is 17.7 Å². The Kier molecular flexibility index (Phi) is 7.22. The third-order valence-electron chi connectivity index (χ3n) is 5.39. The maximum Gasteiger partial charge on any atom is 0.263 e. The smallest absolute Gasteiger partial charge is 0.263 e. The quantitative estimate of drug-likeness (QED) is 0.562. The van der Waals surface area contributed by atoms with E-state index in [2.05, 4.69) is 10.4 Å². The molecule has 1 saturated carbocycles. The van der Waals surface area contributed by atoms with Gasteiger partial charge in [-0.3, -0.25) is 9.59 Å². The highest BCUT2D eigenvalue weighted by molar-refractivity contribution is 6.05. The van der Waals surface area contributed by atoms with E-state index >= 15 is 0 Å². The standard InChI is InChI=1S/C22H25FN4O4.C2H6/c1-22(2,30)19(23)10-13-9-15-11-17(18(31-3)12-27(15)25-13)24-20(28)16-5-4-8-26(21(16)29)14-6-7-14;1-2/h4-5,8-9,11-12,14,19,30H,6-7,10H2,1-3H3,(H,24,28);1-2H3. The Hall–Kier alpha value is -3.20. The molecule has 0 saturated heterocycles. The van der Waals surface area contributed by atoms with Crippen LogP contribution in [-0.2, 0) is 6.42 Å². The molecule has 0 spiro atoms. The number of carbonyl (C=O) groups excluding carboxylic acids is 1. The lowest BCUT2D eigenvalue weighted by atomic mass is 9.99. The average molecular weight is 459 g/mol. The third kappa shape index (κ3) is 5.42. The first-order valence-electron chi connectivity index (χ1n) is 11.1. The zero-order valence-corrected chi connectivity index (χ0v) is 19.6. The van der Waals surface area contributed by atoms with Gasteiger partial charge in [-0.25, -0.2) is 8.91 Å². The molecule has 4 rings (SSSR count). The van der Waals surface area contributed by atoms with Gasteiger partial charge in [0.05, 0.1) is 35.8 Å². The van der Waals surface area contributed by atoms with Crippen LogP contribution in [0.25, 0.3) is 5.52 Å². The van der Waals surface area contributed by atoms with Crippen LogP contribution in [0.1, 0.15) is 62.6 Å². The van der Waals surface area contributed by atoms with Gasteiger partial charge in [-0.2, -0.15) is 5.10 Å². The molecular weight excluding hydrogens is 427 g/mol. The van der Waals surface area contributed by atoms with E-state index in [1.165, 1.54) is 31.5 Å². The fraction of sp³-hybridized carbons (Fsp3) is 0.458. The van der Waals surface area contributed by atoms with Crippen LogP contribution in [0.5, 0.6) is 5.75 Å². The molecule has 0 bridgehead atoms. The van der Waals surface area contributed by atoms with Gasteiger partial charge in [-0.15, -0.1) is 0 Å². The van der Waals surface area contributed by atoms with Gasteiger partial charge in [0.25, 0.3) is 11.5 Å². The summed E-state index contributed by atoms with van der Waals surface area (Å²) in [5.74, 6) is -0.193. The van der Waals surface area contributed by atoms with Gasteiger partial charge < -0.3 is 19.7 Å². The lowest BCUT2D eigenvalue weighted by Crippen LogP contribution is -2.34. The number of aliphatic hydroxyl groups is 1. The monoisotopic (exact) mass is 458 g/mol. The van der Waals surface area contributed by atoms with Crippen molar-refractivity contribution in [1.29, 1.82) is 0 Å². The number of anilines is 1. The number of ether oxygens (including phenoxy) is 1. The number of nitrogens with one attached hydrogen (secondary N) is 1. The van der Waals surface area contributed by atoms with Crippen LogP contribution in [0, 0.1) is 0 Å². The largest absolute Gasteiger partial charge is 0.493 e. The molecule has 0 aliphatic heterocycles. The zero-order valence-electron chi connectivity index (χ0n) is 19.6. The molecule has 1 aliphatic rings. The molecule has 1 unspecified atom stereocenters. The molecule has 1 amide bonds. The fourth-order valence-corrected chi connectivity index (χ4v) is 3.38. The Balaban J connectivity index is 0.00000149. The molecule has 1 fully saturated rings. The van der Waals surface area contributed by atoms with E-state index in [0.29, 0.717) is 22.6 Å². The normalized spacial score (nSPS) is 14.4. The number of nitrogens with zero attached hydrogens (tertiary/aromatic N) is 3. The molecule has 0 radical (unpaired) electrons. The van der Waals surface area contributed by atoms with Crippen molar-refractivity contribution in [1.82, 2.24) is 14.2 Å². The minimum atomic E-state index is -1.48. The number of alkyl halides is 1. The van der Waals surface area contributed by atoms with Crippen molar-refractivity contribution >= 4 is 17.1 Å². The summed E-state index contributed by atoms with van der Waals surface area (Å²) in [6.07, 6.45) is 3.60. The van der Waals surface area contributed by atoms with Crippen molar-refractivity contribution in [2.75, 3.05) is 12.4 Å². The molecule has 9 heteroatoms. The maximum absolute atomic E-state index is 14.2. The van der Waals surface area contributed by atoms with Crippen LogP contribution >= 0.6 is 0 Å². The average Bonchev–Trinajstić information content (AvgIpc) is 3.54. The number of methoxy groups -OCH3 is 1. The van der Waals surface area contributed by atoms with Crippen molar-refractivity contribution in [2.24, 2.45) is 0 Å². The Labute approximate surface area is 192 Å². The minimum Gasteiger partial charge on any atom is -0.493 e. The summed E-state index contributed by atoms with van der Waals surface area (Å²) >= 11 is 0. The van der Waals surface area contributed by atoms with E-state index in [9.17, 15) is 19.1 Å². The second kappa shape index (κ2) is 9.74. The first kappa shape index (κ1) is 24.4. The van der Waals surface area contributed by atoms with Gasteiger partial charge >= 0.3 is 0 Å². The maximum atomic E-state index is 14.2. The Morgan fingerprint density at radius 1 is 1.36 bits per heavy atom. The second-order valence-electron chi connectivity index (χ2n) is 8.41. The van der Waals surface area contributed by atoms with Gasteiger partial charge in [0.2, 0.25) is 0 Å². The van der Waals surface area contributed by atoms with E-state index in [1.54, 1.807) is 35.2 Å². The molecule has 33 heavy (non-hydrogen) atoms. The SMILES string of the molecule is CC.COc1cn2nc(CC(F)C(C)(C)O)cc2cc1NC(=O)c1cccn(C2CC2)c1=O. The summed E-state index contributed by atoms with van der Waals surface area (Å²) in [6.45, 7) is 6.82. The number of carbonyl (C=O) groups is 1. The van der Waals surface area contributed by atoms with Crippen molar-refractivity contribution < 1.29 is 19.0 Å². The topological polar surface area (TPSA) is 97.9 Å². The molecule has 1 aliphatic carbocycles. The van der Waals surface area contributed by atoms with Gasteiger partial charge in [0.1, 0.15) is 11.7 Å². The highest BCUT2D eigenvalue weighted by atomic mass is 19.1. The fourth-order valence-electron chi connectivity index (χ4n) is 3.38. The van der Waals surface area contributed by atoms with Crippen LogP contribution in [0.3, 0.4) is 0 Å². The molecule has 178 valence electrons. The molecular formula is C24H31FN4O4. The number of rotatable bonds is 7. The summed E-state index contributed by atoms with van der Waals surface area (Å²) in [6, 6.07) is 6.67. The Morgan fingerprint density at radius 3 is 2.67 bits per heavy atom. The van der Waals surface area contributed by atoms with E-state index in [0.717, 1.165) is 12.8 Å². The molecule has 8 nitrogen and oxygen atoms in total. The zero-order chi connectivity index (χ0) is 24.3. The molecule has 1 atom stereocenters. The summed E-state index contributed by atoms with van der Waals surface area (Å²) in [4.78, 5) is 25.5. The van der Waals surface area contributed by atoms with Crippen molar-refractivity contribution in [2.45, 2.75) is 64.8 Å². The number of hydrogen-bond donors (Lipinski definition) is 2. The summed E-state index contributed by atoms with van der Waals surface area (Å²) in [5, 5.41) is 16.9. The third-order valence-corrected chi connectivity index (χ3v) is 5.39. The lowest BCUT2D eigenvalue weighted by Gasteiger charge is -2.21. The van der Waals surface area contributed by atoms with Gasteiger partial charge in [-0.1, -0.05) is 13.8 Å². The summed E-state index contributed by atoms with van der Waals surface area (Å²) in [5.41, 5.74) is -0.318. The van der Waals surface area contributed by atoms with Crippen molar-refractivity contribution in [3.8, 4) is 5.75 Å². The first-order chi connectivity index (χ1) is 15.7. The minimum absolute atomic E-state index is 0.0518. The number of aromatic nitrogens is 3. The molecule has 2 N–H and O–H groups in total. The van der Waals surface area contributed by atoms with Gasteiger partial charge in [0, 0.05) is 18.7 Å². The van der Waals surface area contributed by atoms with E-state index in [1.807, 2.05) is 13.8 Å². The number of amides is 1. The lowest BCUT2D eigenvalue weighted by molar-refractivity contribution is -0.00302. The van der Waals surface area contributed by atoms with E-state index in [-0.39, 0.29) is 23.6 Å². The van der Waals surface area contributed by atoms with E-state index in [4.69, 9.17) is 4.74 Å². The predicted octanol–water partition coefficient (Wildman–Crippen LogP) is 3.77. The number of fused-ring (bicyclic) bond motifs is 1. The van der Waals surface area contributed by atoms with Crippen LogP contribution in [0.15, 0.2) is 41.5 Å². The van der Waals surface area contributed by atoms with Gasteiger partial charge in [-0.05, 0) is 51.0 Å². The van der Waals surface area contributed by atoms with Crippen LogP contribution < -0.4 is 15.6 Å². The Morgan fingerprint density at radius 2 is 2.06 bits per heavy atom. The van der Waals surface area contributed by atoms with Crippen LogP contribution in [0.4, 0.5) is 10.1 Å². The number of pyridine rings is 2. The predicted molar refractivity (Wildman–Crippen MR) is 125 cm³/mol. The molecule has 3 heterocycles. The molecule has 0 aromatic carbocycles. The number of hydrogen-bond acceptors (Lipinski definition) is 5. The first-order valence-corrected chi connectivity index (χ1v) is 11.1. The van der Waals surface area contributed by atoms with Gasteiger partial charge in [0.15, 0.2) is 5.75 Å². The van der Waals surface area contributed by atoms with Crippen molar-refractivity contribution in [3.05, 3.63) is 58.3 Å². The summed E-state index contributed by atoms with van der Waals surface area (Å²) < 4.78 is 22.7. The Bertz CT molecular complexity index is 1190. The summed E-state index contributed by atoms with van der Waals surface area (Å²) in [7, 11) is 1.45. The highest BCUT2D eigenvalue weighted by Gasteiger charge is 2.28. The highest BCUT2D eigenvalue weighted by Crippen LogP contribution is 2.33. The molecule has 3 aromatic heterocycles. The number of halogens is 1. The van der Waals surface area contributed by atoms with Crippen LogP contribution in [-0.4, -0.2) is 44.1 Å². The second-order valence-corrected chi connectivity index (χ2v) is 8.41. The van der Waals surface area contributed by atoms with Crippen molar-refractivity contribution in [3.63, 3.8) is 0 Å². The molecule has 3 aromatic rings. The van der Waals surface area contributed by atoms with Crippen LogP contribution in [0.2, 0.25) is 0 Å².